The molecule has 0 aliphatic carbocycles. The molecule has 0 unspecified atom stereocenters. The van der Waals surface area contributed by atoms with Gasteiger partial charge in [0.2, 0.25) is 0 Å². The van der Waals surface area contributed by atoms with Crippen molar-refractivity contribution in [2.45, 2.75) is 45.4 Å². The van der Waals surface area contributed by atoms with E-state index in [4.69, 9.17) is 0 Å². The van der Waals surface area contributed by atoms with Crippen LogP contribution in [0.2, 0.25) is 0 Å². The van der Waals surface area contributed by atoms with Crippen molar-refractivity contribution >= 4 is 0 Å². The van der Waals surface area contributed by atoms with Crippen LogP contribution in [0.1, 0.15) is 49.5 Å². The Bertz CT molecular complexity index is 533. The molecule has 0 amide bonds. The van der Waals surface area contributed by atoms with Gasteiger partial charge in [0, 0.05) is 12.6 Å². The van der Waals surface area contributed by atoms with Gasteiger partial charge in [0.15, 0.2) is 0 Å². The fraction of sp³-hybridized carbons (Fsp3) is 0.368. The highest BCUT2D eigenvalue weighted by atomic mass is 16.3. The second-order valence-corrected chi connectivity index (χ2v) is 5.92. The third kappa shape index (κ3) is 4.42. The van der Waals surface area contributed by atoms with E-state index in [0.29, 0.717) is 5.92 Å². The average molecular weight is 283 g/mol. The number of aliphatic hydroxyl groups excluding tert-OH is 1. The molecule has 112 valence electrons. The van der Waals surface area contributed by atoms with Crippen LogP contribution in [0.3, 0.4) is 0 Å². The van der Waals surface area contributed by atoms with Crippen molar-refractivity contribution < 1.29 is 5.11 Å². The molecule has 2 aromatic rings. The van der Waals surface area contributed by atoms with Crippen molar-refractivity contribution in [2.75, 3.05) is 0 Å². The highest BCUT2D eigenvalue weighted by molar-refractivity contribution is 5.25. The van der Waals surface area contributed by atoms with Crippen LogP contribution >= 0.6 is 0 Å². The maximum Gasteiger partial charge on any atom is 0.0940 e. The number of rotatable bonds is 6. The second-order valence-electron chi connectivity index (χ2n) is 5.92. The van der Waals surface area contributed by atoms with E-state index in [1.54, 1.807) is 0 Å². The van der Waals surface area contributed by atoms with E-state index in [2.05, 4.69) is 43.4 Å². The zero-order valence-corrected chi connectivity index (χ0v) is 13.1. The molecule has 0 fully saturated rings. The van der Waals surface area contributed by atoms with Crippen LogP contribution in [0, 0.1) is 0 Å². The van der Waals surface area contributed by atoms with Crippen LogP contribution in [0.25, 0.3) is 0 Å². The molecular formula is C19H25NO. The monoisotopic (exact) mass is 283 g/mol. The van der Waals surface area contributed by atoms with Gasteiger partial charge >= 0.3 is 0 Å². The van der Waals surface area contributed by atoms with Gasteiger partial charge in [-0.2, -0.15) is 0 Å². The van der Waals surface area contributed by atoms with E-state index in [0.717, 1.165) is 12.1 Å². The fourth-order valence-electron chi connectivity index (χ4n) is 2.35. The quantitative estimate of drug-likeness (QED) is 0.839. The number of nitrogens with one attached hydrogen (secondary N) is 1. The van der Waals surface area contributed by atoms with Gasteiger partial charge in [-0.1, -0.05) is 68.4 Å². The lowest BCUT2D eigenvalue weighted by Crippen LogP contribution is -2.31. The molecule has 0 bridgehead atoms. The molecule has 0 aliphatic rings. The summed E-state index contributed by atoms with van der Waals surface area (Å²) in [6.45, 7) is 7.18. The molecule has 2 N–H and O–H groups in total. The van der Waals surface area contributed by atoms with Crippen molar-refractivity contribution in [3.05, 3.63) is 71.3 Å². The zero-order valence-electron chi connectivity index (χ0n) is 13.1. The Morgan fingerprint density at radius 3 is 2.05 bits per heavy atom. The van der Waals surface area contributed by atoms with Gasteiger partial charge in [-0.25, -0.2) is 0 Å². The summed E-state index contributed by atoms with van der Waals surface area (Å²) < 4.78 is 0. The Labute approximate surface area is 127 Å². The molecule has 21 heavy (non-hydrogen) atoms. The van der Waals surface area contributed by atoms with Crippen molar-refractivity contribution in [2.24, 2.45) is 0 Å². The minimum Gasteiger partial charge on any atom is -0.387 e. The molecule has 2 rings (SSSR count). The molecular weight excluding hydrogens is 258 g/mol. The normalized spacial score (nSPS) is 14.1. The van der Waals surface area contributed by atoms with Gasteiger partial charge < -0.3 is 10.4 Å². The van der Waals surface area contributed by atoms with Crippen LogP contribution in [0.15, 0.2) is 54.6 Å². The van der Waals surface area contributed by atoms with Gasteiger partial charge in [0.05, 0.1) is 6.10 Å². The number of aliphatic hydroxyl groups is 1. The first-order valence-electron chi connectivity index (χ1n) is 7.63. The minimum absolute atomic E-state index is 0.0113. The molecule has 0 spiro atoms. The predicted octanol–water partition coefficient (Wildman–Crippen LogP) is 4.02. The van der Waals surface area contributed by atoms with Crippen molar-refractivity contribution in [1.29, 1.82) is 0 Å². The lowest BCUT2D eigenvalue weighted by Gasteiger charge is -2.21. The van der Waals surface area contributed by atoms with Crippen molar-refractivity contribution in [3.8, 4) is 0 Å². The van der Waals surface area contributed by atoms with Crippen LogP contribution in [-0.2, 0) is 6.54 Å². The summed E-state index contributed by atoms with van der Waals surface area (Å²) in [4.78, 5) is 0. The Kier molecular flexibility index (Phi) is 5.54. The summed E-state index contributed by atoms with van der Waals surface area (Å²) >= 11 is 0. The molecule has 0 aromatic heterocycles. The predicted molar refractivity (Wildman–Crippen MR) is 88.2 cm³/mol. The fourth-order valence-corrected chi connectivity index (χ4v) is 2.35. The Morgan fingerprint density at radius 2 is 1.48 bits per heavy atom. The van der Waals surface area contributed by atoms with Crippen LogP contribution in [0.5, 0.6) is 0 Å². The van der Waals surface area contributed by atoms with Crippen molar-refractivity contribution in [3.63, 3.8) is 0 Å². The lowest BCUT2D eigenvalue weighted by molar-refractivity contribution is 0.135. The molecule has 0 heterocycles. The van der Waals surface area contributed by atoms with Crippen LogP contribution < -0.4 is 5.32 Å². The minimum atomic E-state index is -0.485. The molecule has 0 saturated heterocycles. The van der Waals surface area contributed by atoms with Crippen molar-refractivity contribution in [1.82, 2.24) is 5.32 Å². The molecule has 2 heteroatoms. The topological polar surface area (TPSA) is 32.3 Å². The summed E-state index contributed by atoms with van der Waals surface area (Å²) in [5, 5.41) is 13.7. The Morgan fingerprint density at radius 1 is 0.857 bits per heavy atom. The zero-order chi connectivity index (χ0) is 15.2. The van der Waals surface area contributed by atoms with Gasteiger partial charge in [-0.3, -0.25) is 0 Å². The SMILES string of the molecule is CC(C)c1ccc(CN[C@@H](C)[C@H](O)c2ccccc2)cc1. The molecule has 0 radical (unpaired) electrons. The van der Waals surface area contributed by atoms with Gasteiger partial charge in [0.1, 0.15) is 0 Å². The van der Waals surface area contributed by atoms with Crippen LogP contribution in [-0.4, -0.2) is 11.1 Å². The maximum atomic E-state index is 10.3. The van der Waals surface area contributed by atoms with Gasteiger partial charge in [-0.15, -0.1) is 0 Å². The summed E-state index contributed by atoms with van der Waals surface area (Å²) in [7, 11) is 0. The first-order valence-corrected chi connectivity index (χ1v) is 7.63. The second kappa shape index (κ2) is 7.39. The highest BCUT2D eigenvalue weighted by Gasteiger charge is 2.15. The summed E-state index contributed by atoms with van der Waals surface area (Å²) in [5.41, 5.74) is 3.55. The van der Waals surface area contributed by atoms with Gasteiger partial charge in [-0.05, 0) is 29.5 Å². The maximum absolute atomic E-state index is 10.3. The molecule has 0 saturated carbocycles. The van der Waals surface area contributed by atoms with Crippen LogP contribution in [0.4, 0.5) is 0 Å². The first kappa shape index (κ1) is 15.7. The van der Waals surface area contributed by atoms with E-state index in [-0.39, 0.29) is 6.04 Å². The van der Waals surface area contributed by atoms with E-state index < -0.39 is 6.10 Å². The van der Waals surface area contributed by atoms with E-state index in [9.17, 15) is 5.11 Å². The van der Waals surface area contributed by atoms with E-state index >= 15 is 0 Å². The van der Waals surface area contributed by atoms with Gasteiger partial charge in [0.25, 0.3) is 0 Å². The number of hydrogen-bond donors (Lipinski definition) is 2. The Hall–Kier alpha value is -1.64. The Balaban J connectivity index is 1.90. The summed E-state index contributed by atoms with van der Waals surface area (Å²) in [6.07, 6.45) is -0.485. The smallest absolute Gasteiger partial charge is 0.0940 e. The lowest BCUT2D eigenvalue weighted by atomic mass is 10.0. The molecule has 2 atom stereocenters. The first-order chi connectivity index (χ1) is 10.1. The third-order valence-corrected chi connectivity index (χ3v) is 3.89. The summed E-state index contributed by atoms with van der Waals surface area (Å²) in [6, 6.07) is 18.5. The van der Waals surface area contributed by atoms with E-state index in [1.807, 2.05) is 37.3 Å². The highest BCUT2D eigenvalue weighted by Crippen LogP contribution is 2.17. The van der Waals surface area contributed by atoms with E-state index in [1.165, 1.54) is 11.1 Å². The number of hydrogen-bond acceptors (Lipinski definition) is 2. The average Bonchev–Trinajstić information content (AvgIpc) is 2.53. The largest absolute Gasteiger partial charge is 0.387 e. The molecule has 2 nitrogen and oxygen atoms in total. The third-order valence-electron chi connectivity index (χ3n) is 3.89. The molecule has 2 aromatic carbocycles. The molecule has 0 aliphatic heterocycles. The standard InChI is InChI=1S/C19H25NO/c1-14(2)17-11-9-16(10-12-17)13-20-15(3)19(21)18-7-5-4-6-8-18/h4-12,14-15,19-21H,13H2,1-3H3/t15-,19-/m0/s1. The summed E-state index contributed by atoms with van der Waals surface area (Å²) in [5.74, 6) is 0.561. The number of benzene rings is 2.